The predicted octanol–water partition coefficient (Wildman–Crippen LogP) is -0.284. The molecule has 7 heteroatoms. The van der Waals surface area contributed by atoms with Crippen LogP contribution in [0.25, 0.3) is 0 Å². The highest BCUT2D eigenvalue weighted by Crippen LogP contribution is 2.40. The number of carboxylic acids is 1. The standard InChI is InChI=1S/C16H15NO6/c18-15(13-10-3-4-11(23-10)14(13)16(19)20)17-8-1-2-9-12(7-8)22-6-5-21-9/h1-4,7,10-11,13-14H,5-6H2,(H,17,18)(H,19,20)/p-1/t10-,11+,13-,14+/m1/s1. The fraction of sp³-hybridized carbons (Fsp3) is 0.375. The molecule has 1 N–H and O–H groups in total. The fourth-order valence-corrected chi connectivity index (χ4v) is 3.25. The SMILES string of the molecule is O=C([O-])[C@@H]1[C@H](C(=O)Nc2ccc3c(c2)OCCO3)[C@H]2C=C[C@@H]1O2. The molecule has 0 unspecified atom stereocenters. The first-order valence-corrected chi connectivity index (χ1v) is 7.38. The number of benzene rings is 1. The number of amides is 1. The van der Waals surface area contributed by atoms with Gasteiger partial charge in [0.25, 0.3) is 0 Å². The Labute approximate surface area is 131 Å². The Morgan fingerprint density at radius 3 is 2.48 bits per heavy atom. The molecular weight excluding hydrogens is 302 g/mol. The van der Waals surface area contributed by atoms with Crippen LogP contribution in [0.5, 0.6) is 11.5 Å². The van der Waals surface area contributed by atoms with Crippen molar-refractivity contribution in [3.8, 4) is 11.5 Å². The quantitative estimate of drug-likeness (QED) is 0.770. The third-order valence-electron chi connectivity index (χ3n) is 4.28. The molecule has 0 radical (unpaired) electrons. The van der Waals surface area contributed by atoms with Crippen LogP contribution >= 0.6 is 0 Å². The van der Waals surface area contributed by atoms with Crippen LogP contribution in [0.2, 0.25) is 0 Å². The summed E-state index contributed by atoms with van der Waals surface area (Å²) in [5, 5.41) is 14.0. The molecule has 1 saturated heterocycles. The van der Waals surface area contributed by atoms with Crippen molar-refractivity contribution in [2.45, 2.75) is 12.2 Å². The maximum atomic E-state index is 12.5. The van der Waals surface area contributed by atoms with Crippen LogP contribution in [-0.4, -0.2) is 37.3 Å². The van der Waals surface area contributed by atoms with E-state index in [1.165, 1.54) is 0 Å². The van der Waals surface area contributed by atoms with Crippen LogP contribution in [0.3, 0.4) is 0 Å². The first kappa shape index (κ1) is 14.1. The van der Waals surface area contributed by atoms with Gasteiger partial charge in [0.15, 0.2) is 11.5 Å². The second-order valence-corrected chi connectivity index (χ2v) is 5.67. The van der Waals surface area contributed by atoms with Gasteiger partial charge in [-0.25, -0.2) is 0 Å². The van der Waals surface area contributed by atoms with E-state index in [0.717, 1.165) is 0 Å². The van der Waals surface area contributed by atoms with Gasteiger partial charge in [-0.05, 0) is 12.1 Å². The van der Waals surface area contributed by atoms with Crippen LogP contribution in [0.1, 0.15) is 0 Å². The first-order chi connectivity index (χ1) is 11.1. The molecule has 0 saturated carbocycles. The molecule has 4 atom stereocenters. The lowest BCUT2D eigenvalue weighted by Crippen LogP contribution is -2.45. The molecule has 0 aromatic heterocycles. The van der Waals surface area contributed by atoms with Crippen LogP contribution in [0.4, 0.5) is 5.69 Å². The van der Waals surface area contributed by atoms with Crippen LogP contribution < -0.4 is 19.9 Å². The summed E-state index contributed by atoms with van der Waals surface area (Å²) in [7, 11) is 0. The Bertz CT molecular complexity index is 700. The van der Waals surface area contributed by atoms with Gasteiger partial charge in [0.1, 0.15) is 13.2 Å². The molecule has 3 aliphatic heterocycles. The van der Waals surface area contributed by atoms with Gasteiger partial charge in [0.05, 0.1) is 18.1 Å². The largest absolute Gasteiger partial charge is 0.550 e. The monoisotopic (exact) mass is 316 g/mol. The molecule has 3 heterocycles. The van der Waals surface area contributed by atoms with E-state index in [1.807, 2.05) is 0 Å². The first-order valence-electron chi connectivity index (χ1n) is 7.38. The highest BCUT2D eigenvalue weighted by molar-refractivity contribution is 5.96. The van der Waals surface area contributed by atoms with Crippen molar-refractivity contribution >= 4 is 17.6 Å². The van der Waals surface area contributed by atoms with E-state index in [4.69, 9.17) is 14.2 Å². The molecule has 120 valence electrons. The summed E-state index contributed by atoms with van der Waals surface area (Å²) in [6.07, 6.45) is 2.26. The summed E-state index contributed by atoms with van der Waals surface area (Å²) in [5.74, 6) is -2.29. The minimum absolute atomic E-state index is 0.410. The van der Waals surface area contributed by atoms with E-state index in [1.54, 1.807) is 30.4 Å². The molecule has 2 bridgehead atoms. The third-order valence-corrected chi connectivity index (χ3v) is 4.28. The highest BCUT2D eigenvalue weighted by Gasteiger charge is 2.50. The average molecular weight is 316 g/mol. The number of carbonyl (C=O) groups excluding carboxylic acids is 2. The molecule has 1 aromatic carbocycles. The number of carbonyl (C=O) groups is 2. The second-order valence-electron chi connectivity index (χ2n) is 5.67. The lowest BCUT2D eigenvalue weighted by Gasteiger charge is -2.25. The van der Waals surface area contributed by atoms with Crippen molar-refractivity contribution in [2.75, 3.05) is 18.5 Å². The number of aliphatic carboxylic acids is 1. The Morgan fingerprint density at radius 1 is 1.04 bits per heavy atom. The molecule has 0 spiro atoms. The molecule has 1 aromatic rings. The number of nitrogens with one attached hydrogen (secondary N) is 1. The fourth-order valence-electron chi connectivity index (χ4n) is 3.25. The number of fused-ring (bicyclic) bond motifs is 3. The van der Waals surface area contributed by atoms with Gasteiger partial charge >= 0.3 is 0 Å². The third kappa shape index (κ3) is 2.33. The Kier molecular flexibility index (Phi) is 3.23. The topological polar surface area (TPSA) is 96.9 Å². The maximum absolute atomic E-state index is 12.5. The molecular formula is C16H14NO6-. The molecule has 3 aliphatic rings. The lowest BCUT2D eigenvalue weighted by atomic mass is 9.82. The Balaban J connectivity index is 1.54. The highest BCUT2D eigenvalue weighted by atomic mass is 16.6. The Hall–Kier alpha value is -2.54. The van der Waals surface area contributed by atoms with Gasteiger partial charge in [-0.2, -0.15) is 0 Å². The minimum Gasteiger partial charge on any atom is -0.550 e. The zero-order valence-electron chi connectivity index (χ0n) is 12.1. The summed E-state index contributed by atoms with van der Waals surface area (Å²) in [6.45, 7) is 0.934. The molecule has 1 fully saturated rings. The number of rotatable bonds is 3. The summed E-state index contributed by atoms with van der Waals surface area (Å²) in [4.78, 5) is 23.8. The van der Waals surface area contributed by atoms with Crippen molar-refractivity contribution < 1.29 is 28.9 Å². The van der Waals surface area contributed by atoms with E-state index >= 15 is 0 Å². The second kappa shape index (κ2) is 5.27. The van der Waals surface area contributed by atoms with Crippen LogP contribution in [0, 0.1) is 11.8 Å². The van der Waals surface area contributed by atoms with E-state index in [2.05, 4.69) is 5.32 Å². The van der Waals surface area contributed by atoms with Crippen molar-refractivity contribution in [2.24, 2.45) is 11.8 Å². The van der Waals surface area contributed by atoms with Crippen molar-refractivity contribution in [1.29, 1.82) is 0 Å². The van der Waals surface area contributed by atoms with E-state index < -0.39 is 35.9 Å². The molecule has 1 amide bonds. The number of hydrogen-bond acceptors (Lipinski definition) is 6. The van der Waals surface area contributed by atoms with E-state index in [0.29, 0.717) is 30.4 Å². The number of carboxylic acid groups (broad SMARTS) is 1. The molecule has 7 nitrogen and oxygen atoms in total. The summed E-state index contributed by atoms with van der Waals surface area (Å²) < 4.78 is 16.4. The minimum atomic E-state index is -1.27. The normalized spacial score (nSPS) is 30.3. The zero-order valence-corrected chi connectivity index (χ0v) is 12.1. The van der Waals surface area contributed by atoms with Gasteiger partial charge < -0.3 is 29.4 Å². The summed E-state index contributed by atoms with van der Waals surface area (Å²) in [6, 6.07) is 5.05. The number of hydrogen-bond donors (Lipinski definition) is 1. The van der Waals surface area contributed by atoms with E-state index in [-0.39, 0.29) is 0 Å². The van der Waals surface area contributed by atoms with Gasteiger partial charge in [0, 0.05) is 23.6 Å². The van der Waals surface area contributed by atoms with Gasteiger partial charge in [-0.1, -0.05) is 12.2 Å². The predicted molar refractivity (Wildman–Crippen MR) is 75.8 cm³/mol. The summed E-state index contributed by atoms with van der Waals surface area (Å²) >= 11 is 0. The smallest absolute Gasteiger partial charge is 0.231 e. The van der Waals surface area contributed by atoms with Crippen LogP contribution in [-0.2, 0) is 14.3 Å². The molecule has 23 heavy (non-hydrogen) atoms. The average Bonchev–Trinajstić information content (AvgIpc) is 3.15. The van der Waals surface area contributed by atoms with Gasteiger partial charge in [-0.15, -0.1) is 0 Å². The van der Waals surface area contributed by atoms with Gasteiger partial charge in [0.2, 0.25) is 5.91 Å². The zero-order chi connectivity index (χ0) is 16.0. The molecule has 4 rings (SSSR count). The number of ether oxygens (including phenoxy) is 3. The maximum Gasteiger partial charge on any atom is 0.231 e. The van der Waals surface area contributed by atoms with Gasteiger partial charge in [-0.3, -0.25) is 4.79 Å². The lowest BCUT2D eigenvalue weighted by molar-refractivity contribution is -0.313. The van der Waals surface area contributed by atoms with Crippen LogP contribution in [0.15, 0.2) is 30.4 Å². The summed E-state index contributed by atoms with van der Waals surface area (Å²) in [5.41, 5.74) is 0.517. The van der Waals surface area contributed by atoms with Crippen molar-refractivity contribution in [3.63, 3.8) is 0 Å². The number of anilines is 1. The van der Waals surface area contributed by atoms with Crippen molar-refractivity contribution in [3.05, 3.63) is 30.4 Å². The van der Waals surface area contributed by atoms with E-state index in [9.17, 15) is 14.7 Å². The molecule has 0 aliphatic carbocycles. The Morgan fingerprint density at radius 2 is 1.74 bits per heavy atom. The van der Waals surface area contributed by atoms with Crippen molar-refractivity contribution in [1.82, 2.24) is 0 Å².